The van der Waals surface area contributed by atoms with Crippen molar-refractivity contribution in [3.05, 3.63) is 41.1 Å². The topological polar surface area (TPSA) is 28.2 Å². The Morgan fingerprint density at radius 3 is 2.67 bits per heavy atom. The Bertz CT molecular complexity index is 607. The summed E-state index contributed by atoms with van der Waals surface area (Å²) in [5.41, 5.74) is 4.90. The van der Waals surface area contributed by atoms with Crippen molar-refractivity contribution >= 4 is 10.9 Å². The fourth-order valence-electron chi connectivity index (χ4n) is 2.68. The zero-order chi connectivity index (χ0) is 15.4. The first-order valence-electron chi connectivity index (χ1n) is 7.79. The fourth-order valence-corrected chi connectivity index (χ4v) is 2.68. The zero-order valence-electron chi connectivity index (χ0n) is 13.9. The van der Waals surface area contributed by atoms with Gasteiger partial charge in [0.25, 0.3) is 0 Å². The number of pyridine rings is 1. The first-order chi connectivity index (χ1) is 10.0. The quantitative estimate of drug-likeness (QED) is 0.883. The van der Waals surface area contributed by atoms with Crippen LogP contribution in [0.5, 0.6) is 0 Å². The van der Waals surface area contributed by atoms with Crippen molar-refractivity contribution < 1.29 is 0 Å². The molecule has 1 aromatic heterocycles. The number of benzene rings is 1. The van der Waals surface area contributed by atoms with Crippen LogP contribution in [-0.4, -0.2) is 36.1 Å². The van der Waals surface area contributed by atoms with Gasteiger partial charge in [0.15, 0.2) is 0 Å². The minimum Gasteiger partial charge on any atom is -0.309 e. The van der Waals surface area contributed by atoms with Gasteiger partial charge < -0.3 is 10.2 Å². The Balaban J connectivity index is 2.20. The third kappa shape index (κ3) is 3.80. The Hall–Kier alpha value is -1.45. The molecular weight excluding hydrogens is 258 g/mol. The maximum atomic E-state index is 4.69. The molecule has 2 rings (SSSR count). The fraction of sp³-hybridized carbons (Fsp3) is 0.500. The monoisotopic (exact) mass is 285 g/mol. The molecule has 1 atom stereocenters. The summed E-state index contributed by atoms with van der Waals surface area (Å²) in [5, 5.41) is 4.92. The van der Waals surface area contributed by atoms with E-state index < -0.39 is 0 Å². The van der Waals surface area contributed by atoms with Crippen LogP contribution in [0.2, 0.25) is 0 Å². The minimum absolute atomic E-state index is 0.474. The first kappa shape index (κ1) is 15.9. The maximum Gasteiger partial charge on any atom is 0.0708 e. The number of aryl methyl sites for hydroxylation is 1. The molecule has 0 radical (unpaired) electrons. The highest BCUT2D eigenvalue weighted by Gasteiger charge is 2.11. The van der Waals surface area contributed by atoms with Crippen LogP contribution in [0.3, 0.4) is 0 Å². The standard InChI is InChI=1S/C18H27N3/c1-6-21(5)12-13(2)19-11-17-14(3)15(4)20-18-10-8-7-9-16(17)18/h7-10,13,19H,6,11-12H2,1-5H3. The normalized spacial score (nSPS) is 13.0. The van der Waals surface area contributed by atoms with Crippen molar-refractivity contribution in [3.8, 4) is 0 Å². The largest absolute Gasteiger partial charge is 0.309 e. The first-order valence-corrected chi connectivity index (χ1v) is 7.79. The van der Waals surface area contributed by atoms with Crippen LogP contribution >= 0.6 is 0 Å². The molecule has 0 saturated heterocycles. The molecule has 1 aromatic carbocycles. The highest BCUT2D eigenvalue weighted by molar-refractivity contribution is 5.83. The van der Waals surface area contributed by atoms with Crippen molar-refractivity contribution in [2.45, 2.75) is 40.3 Å². The number of fused-ring (bicyclic) bond motifs is 1. The van der Waals surface area contributed by atoms with Crippen LogP contribution in [0.1, 0.15) is 30.7 Å². The number of nitrogens with zero attached hydrogens (tertiary/aromatic N) is 2. The number of aromatic nitrogens is 1. The molecule has 3 nitrogen and oxygen atoms in total. The maximum absolute atomic E-state index is 4.69. The lowest BCUT2D eigenvalue weighted by Crippen LogP contribution is -2.37. The van der Waals surface area contributed by atoms with Crippen molar-refractivity contribution in [1.82, 2.24) is 15.2 Å². The highest BCUT2D eigenvalue weighted by atomic mass is 15.1. The van der Waals surface area contributed by atoms with E-state index in [1.165, 1.54) is 16.5 Å². The molecule has 0 saturated carbocycles. The van der Waals surface area contributed by atoms with E-state index in [1.807, 2.05) is 0 Å². The lowest BCUT2D eigenvalue weighted by Gasteiger charge is -2.22. The Kier molecular flexibility index (Phi) is 5.32. The SMILES string of the molecule is CCN(C)CC(C)NCc1c(C)c(C)nc2ccccc12. The van der Waals surface area contributed by atoms with Crippen LogP contribution in [0.4, 0.5) is 0 Å². The predicted molar refractivity (Wildman–Crippen MR) is 90.7 cm³/mol. The van der Waals surface area contributed by atoms with Crippen molar-refractivity contribution in [3.63, 3.8) is 0 Å². The van der Waals surface area contributed by atoms with Gasteiger partial charge in [-0.3, -0.25) is 4.98 Å². The van der Waals surface area contributed by atoms with Crippen molar-refractivity contribution in [2.75, 3.05) is 20.1 Å². The van der Waals surface area contributed by atoms with Crippen LogP contribution in [0, 0.1) is 13.8 Å². The minimum atomic E-state index is 0.474. The molecule has 0 aliphatic carbocycles. The van der Waals surface area contributed by atoms with Gasteiger partial charge in [0.1, 0.15) is 0 Å². The van der Waals surface area contributed by atoms with E-state index in [2.05, 4.69) is 74.2 Å². The summed E-state index contributed by atoms with van der Waals surface area (Å²) in [6.45, 7) is 11.8. The van der Waals surface area contributed by atoms with E-state index in [0.29, 0.717) is 6.04 Å². The molecule has 1 N–H and O–H groups in total. The summed E-state index contributed by atoms with van der Waals surface area (Å²) >= 11 is 0. The van der Waals surface area contributed by atoms with Gasteiger partial charge in [-0.15, -0.1) is 0 Å². The van der Waals surface area contributed by atoms with Gasteiger partial charge in [0.05, 0.1) is 5.52 Å². The van der Waals surface area contributed by atoms with E-state index >= 15 is 0 Å². The smallest absolute Gasteiger partial charge is 0.0708 e. The summed E-state index contributed by atoms with van der Waals surface area (Å²) in [5.74, 6) is 0. The Labute approximate surface area is 128 Å². The van der Waals surface area contributed by atoms with Crippen LogP contribution < -0.4 is 5.32 Å². The highest BCUT2D eigenvalue weighted by Crippen LogP contribution is 2.22. The molecule has 0 aliphatic heterocycles. The third-order valence-electron chi connectivity index (χ3n) is 4.27. The van der Waals surface area contributed by atoms with E-state index in [9.17, 15) is 0 Å². The van der Waals surface area contributed by atoms with Crippen molar-refractivity contribution in [2.24, 2.45) is 0 Å². The second kappa shape index (κ2) is 7.01. The van der Waals surface area contributed by atoms with Crippen LogP contribution in [-0.2, 0) is 6.54 Å². The number of hydrogen-bond acceptors (Lipinski definition) is 3. The average molecular weight is 285 g/mol. The molecule has 3 heteroatoms. The van der Waals surface area contributed by atoms with Gasteiger partial charge in [-0.2, -0.15) is 0 Å². The lowest BCUT2D eigenvalue weighted by atomic mass is 10.0. The summed E-state index contributed by atoms with van der Waals surface area (Å²) < 4.78 is 0. The molecular formula is C18H27N3. The molecule has 1 unspecified atom stereocenters. The summed E-state index contributed by atoms with van der Waals surface area (Å²) in [6.07, 6.45) is 0. The van der Waals surface area contributed by atoms with Gasteiger partial charge in [0.2, 0.25) is 0 Å². The van der Waals surface area contributed by atoms with Gasteiger partial charge in [-0.1, -0.05) is 25.1 Å². The Morgan fingerprint density at radius 2 is 1.95 bits per heavy atom. The number of para-hydroxylation sites is 1. The molecule has 0 bridgehead atoms. The van der Waals surface area contributed by atoms with Crippen LogP contribution in [0.25, 0.3) is 10.9 Å². The molecule has 0 amide bonds. The van der Waals surface area contributed by atoms with E-state index in [4.69, 9.17) is 0 Å². The molecule has 21 heavy (non-hydrogen) atoms. The zero-order valence-corrected chi connectivity index (χ0v) is 13.9. The second-order valence-electron chi connectivity index (χ2n) is 5.95. The molecule has 0 spiro atoms. The summed E-state index contributed by atoms with van der Waals surface area (Å²) in [7, 11) is 2.16. The number of rotatable bonds is 6. The van der Waals surface area contributed by atoms with Crippen molar-refractivity contribution in [1.29, 1.82) is 0 Å². The van der Waals surface area contributed by atoms with Gasteiger partial charge >= 0.3 is 0 Å². The van der Waals surface area contributed by atoms with Gasteiger partial charge in [-0.25, -0.2) is 0 Å². The molecule has 0 aliphatic rings. The average Bonchev–Trinajstić information content (AvgIpc) is 2.47. The van der Waals surface area contributed by atoms with E-state index in [0.717, 1.165) is 30.8 Å². The summed E-state index contributed by atoms with van der Waals surface area (Å²) in [4.78, 5) is 7.02. The summed E-state index contributed by atoms with van der Waals surface area (Å²) in [6, 6.07) is 8.90. The van der Waals surface area contributed by atoms with E-state index in [-0.39, 0.29) is 0 Å². The lowest BCUT2D eigenvalue weighted by molar-refractivity contribution is 0.309. The molecule has 0 fully saturated rings. The second-order valence-corrected chi connectivity index (χ2v) is 5.95. The van der Waals surface area contributed by atoms with Gasteiger partial charge in [0, 0.05) is 30.2 Å². The predicted octanol–water partition coefficient (Wildman–Crippen LogP) is 3.28. The van der Waals surface area contributed by atoms with Gasteiger partial charge in [-0.05, 0) is 51.6 Å². The molecule has 1 heterocycles. The third-order valence-corrected chi connectivity index (χ3v) is 4.27. The molecule has 114 valence electrons. The van der Waals surface area contributed by atoms with E-state index in [1.54, 1.807) is 0 Å². The van der Waals surface area contributed by atoms with Crippen LogP contribution in [0.15, 0.2) is 24.3 Å². The number of hydrogen-bond donors (Lipinski definition) is 1. The molecule has 2 aromatic rings. The number of likely N-dealkylation sites (N-methyl/N-ethyl adjacent to an activating group) is 1. The Morgan fingerprint density at radius 1 is 1.24 bits per heavy atom. The number of nitrogens with one attached hydrogen (secondary N) is 1.